The quantitative estimate of drug-likeness (QED) is 0.424. The molecule has 0 aliphatic carbocycles. The molecule has 0 aliphatic heterocycles. The molecule has 0 fully saturated rings. The van der Waals surface area contributed by atoms with Crippen molar-refractivity contribution in [3.63, 3.8) is 0 Å². The van der Waals surface area contributed by atoms with Crippen LogP contribution in [-0.4, -0.2) is 26.2 Å². The summed E-state index contributed by atoms with van der Waals surface area (Å²) in [6.07, 6.45) is 0.357. The lowest BCUT2D eigenvalue weighted by Crippen LogP contribution is -2.08. The van der Waals surface area contributed by atoms with Crippen LogP contribution >= 0.6 is 0 Å². The van der Waals surface area contributed by atoms with Gasteiger partial charge in [-0.1, -0.05) is 35.5 Å². The van der Waals surface area contributed by atoms with Crippen molar-refractivity contribution in [1.29, 1.82) is 0 Å². The van der Waals surface area contributed by atoms with E-state index in [9.17, 15) is 18.0 Å². The average molecular weight is 283 g/mol. The molecule has 1 aromatic rings. The van der Waals surface area contributed by atoms with Crippen LogP contribution < -0.4 is 0 Å². The van der Waals surface area contributed by atoms with Crippen molar-refractivity contribution in [3.8, 4) is 0 Å². The minimum absolute atomic E-state index is 0.328. The van der Waals surface area contributed by atoms with Crippen LogP contribution in [0.2, 0.25) is 0 Å². The van der Waals surface area contributed by atoms with E-state index in [-0.39, 0.29) is 18.0 Å². The lowest BCUT2D eigenvalue weighted by atomic mass is 10.2. The molecule has 0 unspecified atom stereocenters. The predicted molar refractivity (Wildman–Crippen MR) is 68.9 cm³/mol. The first-order valence-corrected chi connectivity index (χ1v) is 6.98. The second-order valence-corrected chi connectivity index (χ2v) is 5.39. The van der Waals surface area contributed by atoms with Gasteiger partial charge in [0.1, 0.15) is 17.8 Å². The molecule has 0 aliphatic rings. The van der Waals surface area contributed by atoms with Crippen LogP contribution in [0, 0.1) is 0 Å². The summed E-state index contributed by atoms with van der Waals surface area (Å²) >= 11 is 0. The van der Waals surface area contributed by atoms with Gasteiger partial charge in [0, 0.05) is 0 Å². The molecule has 19 heavy (non-hydrogen) atoms. The summed E-state index contributed by atoms with van der Waals surface area (Å²) in [5.41, 5.74) is 0.549. The molecular weight excluding hydrogens is 270 g/mol. The van der Waals surface area contributed by atoms with Gasteiger partial charge in [-0.15, -0.1) is 0 Å². The number of carbonyl (C=O) groups is 2. The molecule has 0 N–H and O–H groups in total. The van der Waals surface area contributed by atoms with Crippen molar-refractivity contribution >= 4 is 27.9 Å². The molecule has 0 amide bonds. The van der Waals surface area contributed by atoms with Gasteiger partial charge >= 0.3 is 10.1 Å². The largest absolute Gasteiger partial charge is 0.332 e. The summed E-state index contributed by atoms with van der Waals surface area (Å²) in [6, 6.07) is 8.42. The monoisotopic (exact) mass is 283 g/mol. The summed E-state index contributed by atoms with van der Waals surface area (Å²) in [6.45, 7) is 1.25. The summed E-state index contributed by atoms with van der Waals surface area (Å²) in [5.74, 6) is -1.28. The molecule has 6 nitrogen and oxygen atoms in total. The number of ketones is 2. The van der Waals surface area contributed by atoms with Crippen molar-refractivity contribution in [1.82, 2.24) is 0 Å². The van der Waals surface area contributed by atoms with E-state index < -0.39 is 15.9 Å². The highest BCUT2D eigenvalue weighted by Gasteiger charge is 2.12. The van der Waals surface area contributed by atoms with Crippen LogP contribution in [0.5, 0.6) is 0 Å². The fourth-order valence-corrected chi connectivity index (χ4v) is 2.07. The van der Waals surface area contributed by atoms with E-state index in [2.05, 4.69) is 9.44 Å². The van der Waals surface area contributed by atoms with Crippen molar-refractivity contribution in [2.24, 2.45) is 5.16 Å². The number of carbonyl (C=O) groups excluding carboxylic acids is 2. The number of hydrogen-bond acceptors (Lipinski definition) is 6. The number of rotatable bonds is 7. The Morgan fingerprint density at radius 3 is 2.47 bits per heavy atom. The zero-order valence-electron chi connectivity index (χ0n) is 10.3. The molecule has 7 heteroatoms. The normalized spacial score (nSPS) is 11.4. The smallest absolute Gasteiger partial charge is 0.300 e. The topological polar surface area (TPSA) is 89.9 Å². The molecule has 102 valence electrons. The number of nitrogens with zero attached hydrogens (tertiary/aromatic N) is 1. The third kappa shape index (κ3) is 6.46. The Hall–Kier alpha value is -2.02. The van der Waals surface area contributed by atoms with E-state index in [1.807, 2.05) is 0 Å². The summed E-state index contributed by atoms with van der Waals surface area (Å²) in [5, 5.41) is 3.08. The minimum Gasteiger partial charge on any atom is -0.300 e. The number of benzene rings is 1. The highest BCUT2D eigenvalue weighted by atomic mass is 32.2. The Labute approximate surface area is 111 Å². The third-order valence-corrected chi connectivity index (χ3v) is 2.96. The fraction of sp³-hybridized carbons (Fsp3) is 0.250. The van der Waals surface area contributed by atoms with Crippen molar-refractivity contribution in [2.75, 3.05) is 0 Å². The molecule has 0 spiro atoms. The van der Waals surface area contributed by atoms with Crippen molar-refractivity contribution < 1.29 is 22.3 Å². The van der Waals surface area contributed by atoms with Gasteiger partial charge in [-0.25, -0.2) is 0 Å². The zero-order valence-corrected chi connectivity index (χ0v) is 11.1. The summed E-state index contributed by atoms with van der Waals surface area (Å²) in [4.78, 5) is 21.7. The van der Waals surface area contributed by atoms with E-state index in [1.54, 1.807) is 30.3 Å². The maximum atomic E-state index is 11.5. The van der Waals surface area contributed by atoms with Gasteiger partial charge in [0.15, 0.2) is 5.78 Å². The van der Waals surface area contributed by atoms with Crippen molar-refractivity contribution in [2.45, 2.75) is 19.1 Å². The second-order valence-electron chi connectivity index (χ2n) is 3.84. The molecule has 0 radical (unpaired) electrons. The van der Waals surface area contributed by atoms with Crippen LogP contribution in [0.25, 0.3) is 0 Å². The molecule has 1 aromatic carbocycles. The lowest BCUT2D eigenvalue weighted by Gasteiger charge is -2.00. The molecule has 0 saturated heterocycles. The molecule has 0 heterocycles. The van der Waals surface area contributed by atoms with Gasteiger partial charge in [0.2, 0.25) is 0 Å². The first-order chi connectivity index (χ1) is 8.89. The average Bonchev–Trinajstić information content (AvgIpc) is 2.28. The van der Waals surface area contributed by atoms with Gasteiger partial charge in [-0.05, 0) is 12.5 Å². The molecule has 0 aromatic heterocycles. The van der Waals surface area contributed by atoms with E-state index >= 15 is 0 Å². The van der Waals surface area contributed by atoms with Gasteiger partial charge in [0.05, 0.1) is 6.42 Å². The molecule has 1 rings (SSSR count). The first-order valence-electron chi connectivity index (χ1n) is 5.40. The number of hydrogen-bond donors (Lipinski definition) is 0. The number of Topliss-reactive ketones (excluding diaryl/α,β-unsaturated/α-hetero) is 2. The van der Waals surface area contributed by atoms with Gasteiger partial charge in [0.25, 0.3) is 0 Å². The Bertz CT molecular complexity index is 577. The van der Waals surface area contributed by atoms with Crippen LogP contribution in [0.15, 0.2) is 35.5 Å². The van der Waals surface area contributed by atoms with Crippen LogP contribution in [-0.2, 0) is 29.7 Å². The Morgan fingerprint density at radius 1 is 1.26 bits per heavy atom. The predicted octanol–water partition coefficient (Wildman–Crippen LogP) is 1.07. The Morgan fingerprint density at radius 2 is 1.89 bits per heavy atom. The van der Waals surface area contributed by atoms with Crippen LogP contribution in [0.1, 0.15) is 18.9 Å². The van der Waals surface area contributed by atoms with Crippen LogP contribution in [0.4, 0.5) is 0 Å². The SMILES string of the molecule is CC(=O)CC(=O)/C=N/OS(=O)(=O)Cc1ccccc1. The van der Waals surface area contributed by atoms with E-state index in [4.69, 9.17) is 0 Å². The van der Waals surface area contributed by atoms with Gasteiger partial charge < -0.3 is 0 Å². The van der Waals surface area contributed by atoms with Gasteiger partial charge in [-0.3, -0.25) is 13.9 Å². The maximum Gasteiger partial charge on any atom is 0.332 e. The molecular formula is C12H13NO5S. The molecule has 0 saturated carbocycles. The maximum absolute atomic E-state index is 11.5. The van der Waals surface area contributed by atoms with E-state index in [0.717, 1.165) is 0 Å². The number of oxime groups is 1. The fourth-order valence-electron chi connectivity index (χ4n) is 1.24. The highest BCUT2D eigenvalue weighted by molar-refractivity contribution is 7.85. The van der Waals surface area contributed by atoms with E-state index in [0.29, 0.717) is 11.8 Å². The summed E-state index contributed by atoms with van der Waals surface area (Å²) < 4.78 is 27.3. The van der Waals surface area contributed by atoms with E-state index in [1.165, 1.54) is 6.92 Å². The minimum atomic E-state index is -3.89. The molecule has 0 bridgehead atoms. The van der Waals surface area contributed by atoms with Gasteiger partial charge in [-0.2, -0.15) is 8.42 Å². The Balaban J connectivity index is 2.54. The highest BCUT2D eigenvalue weighted by Crippen LogP contribution is 2.07. The lowest BCUT2D eigenvalue weighted by molar-refractivity contribution is -0.122. The zero-order chi connectivity index (χ0) is 14.3. The first kappa shape index (κ1) is 15.0. The van der Waals surface area contributed by atoms with Crippen LogP contribution in [0.3, 0.4) is 0 Å². The Kier molecular flexibility index (Phi) is 5.37. The summed E-state index contributed by atoms with van der Waals surface area (Å²) in [7, 11) is -3.89. The standard InChI is InChI=1S/C12H13NO5S/c1-10(14)7-12(15)8-13-18-19(16,17)9-11-5-3-2-4-6-11/h2-6,8H,7,9H2,1H3/b13-8+. The van der Waals surface area contributed by atoms with Crippen molar-refractivity contribution in [3.05, 3.63) is 35.9 Å². The molecule has 0 atom stereocenters. The third-order valence-electron chi connectivity index (χ3n) is 1.96. The second kappa shape index (κ2) is 6.79.